The number of nitro groups is 1. The van der Waals surface area contributed by atoms with E-state index >= 15 is 0 Å². The molecule has 0 aliphatic carbocycles. The van der Waals surface area contributed by atoms with E-state index in [-0.39, 0.29) is 5.69 Å². The summed E-state index contributed by atoms with van der Waals surface area (Å²) in [6.07, 6.45) is 3.46. The largest absolute Gasteiger partial charge is 0.345 e. The number of hydrogen-bond donors (Lipinski definition) is 1. The van der Waals surface area contributed by atoms with Gasteiger partial charge in [0.15, 0.2) is 5.11 Å². The lowest BCUT2D eigenvalue weighted by Gasteiger charge is -2.36. The molecule has 2 heterocycles. The average molecular weight is 344 g/mol. The Hall–Kier alpha value is -2.81. The third kappa shape index (κ3) is 3.74. The number of nitrogens with zero attached hydrogens (tertiary/aromatic N) is 5. The average Bonchev–Trinajstić information content (AvgIpc) is 2.63. The molecule has 0 spiro atoms. The zero-order valence-corrected chi connectivity index (χ0v) is 13.6. The Morgan fingerprint density at radius 2 is 1.75 bits per heavy atom. The maximum atomic E-state index is 10.7. The Labute approximate surface area is 144 Å². The Morgan fingerprint density at radius 1 is 1.12 bits per heavy atom. The van der Waals surface area contributed by atoms with E-state index in [1.54, 1.807) is 30.6 Å². The zero-order chi connectivity index (χ0) is 16.9. The molecule has 0 radical (unpaired) electrons. The second-order valence-corrected chi connectivity index (χ2v) is 5.64. The summed E-state index contributed by atoms with van der Waals surface area (Å²) >= 11 is 5.43. The standard InChI is InChI=1S/C15H16N6O2S/c22-21(23)13-4-2-12(3-5-13)18-15(24)20-10-8-19(9-11-20)14-16-6-1-7-17-14/h1-7H,8-11H2,(H,18,24). The number of hydrogen-bond acceptors (Lipinski definition) is 6. The molecular weight excluding hydrogens is 328 g/mol. The van der Waals surface area contributed by atoms with E-state index in [0.29, 0.717) is 5.11 Å². The normalized spacial score (nSPS) is 14.3. The highest BCUT2D eigenvalue weighted by molar-refractivity contribution is 7.80. The lowest BCUT2D eigenvalue weighted by molar-refractivity contribution is -0.384. The van der Waals surface area contributed by atoms with Gasteiger partial charge in [0.05, 0.1) is 4.92 Å². The molecule has 0 bridgehead atoms. The number of non-ortho nitro benzene ring substituents is 1. The fraction of sp³-hybridized carbons (Fsp3) is 0.267. The minimum Gasteiger partial charge on any atom is -0.345 e. The number of anilines is 2. The molecule has 3 rings (SSSR count). The molecule has 1 aliphatic heterocycles. The maximum absolute atomic E-state index is 10.7. The number of piperazine rings is 1. The van der Waals surface area contributed by atoms with Crippen molar-refractivity contribution in [1.82, 2.24) is 14.9 Å². The van der Waals surface area contributed by atoms with Gasteiger partial charge in [0.25, 0.3) is 5.69 Å². The molecule has 1 aromatic carbocycles. The van der Waals surface area contributed by atoms with E-state index in [1.165, 1.54) is 12.1 Å². The molecule has 124 valence electrons. The lowest BCUT2D eigenvalue weighted by Crippen LogP contribution is -2.50. The van der Waals surface area contributed by atoms with Gasteiger partial charge in [-0.25, -0.2) is 9.97 Å². The quantitative estimate of drug-likeness (QED) is 0.513. The monoisotopic (exact) mass is 344 g/mol. The van der Waals surface area contributed by atoms with Crippen molar-refractivity contribution in [2.45, 2.75) is 0 Å². The second kappa shape index (κ2) is 7.18. The smallest absolute Gasteiger partial charge is 0.269 e. The van der Waals surface area contributed by atoms with Crippen molar-refractivity contribution < 1.29 is 4.92 Å². The predicted octanol–water partition coefficient (Wildman–Crippen LogP) is 1.90. The lowest BCUT2D eigenvalue weighted by atomic mass is 10.3. The summed E-state index contributed by atoms with van der Waals surface area (Å²) in [6.45, 7) is 3.09. The van der Waals surface area contributed by atoms with Crippen molar-refractivity contribution in [3.8, 4) is 0 Å². The first-order chi connectivity index (χ1) is 11.6. The molecule has 0 unspecified atom stereocenters. The summed E-state index contributed by atoms with van der Waals surface area (Å²) in [5.74, 6) is 0.728. The summed E-state index contributed by atoms with van der Waals surface area (Å²) < 4.78 is 0. The van der Waals surface area contributed by atoms with E-state index in [9.17, 15) is 10.1 Å². The van der Waals surface area contributed by atoms with Gasteiger partial charge in [-0.05, 0) is 30.4 Å². The van der Waals surface area contributed by atoms with E-state index < -0.39 is 4.92 Å². The fourth-order valence-corrected chi connectivity index (χ4v) is 2.73. The number of nitro benzene ring substituents is 1. The fourth-order valence-electron chi connectivity index (χ4n) is 2.43. The van der Waals surface area contributed by atoms with Crippen LogP contribution in [0.3, 0.4) is 0 Å². The Balaban J connectivity index is 1.54. The Kier molecular flexibility index (Phi) is 4.80. The van der Waals surface area contributed by atoms with Gasteiger partial charge in [-0.3, -0.25) is 10.1 Å². The van der Waals surface area contributed by atoms with Gasteiger partial charge in [0.2, 0.25) is 5.95 Å². The van der Waals surface area contributed by atoms with Crippen molar-refractivity contribution in [1.29, 1.82) is 0 Å². The highest BCUT2D eigenvalue weighted by Gasteiger charge is 2.20. The van der Waals surface area contributed by atoms with Gasteiger partial charge < -0.3 is 15.1 Å². The van der Waals surface area contributed by atoms with Gasteiger partial charge in [-0.1, -0.05) is 0 Å². The molecule has 1 aliphatic rings. The minimum atomic E-state index is -0.424. The van der Waals surface area contributed by atoms with E-state index in [0.717, 1.165) is 37.8 Å². The number of benzene rings is 1. The molecular formula is C15H16N6O2S. The van der Waals surface area contributed by atoms with Crippen LogP contribution in [-0.4, -0.2) is 51.1 Å². The predicted molar refractivity (Wildman–Crippen MR) is 95.1 cm³/mol. The number of nitrogens with one attached hydrogen (secondary N) is 1. The first-order valence-electron chi connectivity index (χ1n) is 7.46. The molecule has 0 saturated carbocycles. The second-order valence-electron chi connectivity index (χ2n) is 5.26. The molecule has 1 fully saturated rings. The molecule has 0 amide bonds. The Bertz CT molecular complexity index is 717. The molecule has 0 atom stereocenters. The van der Waals surface area contributed by atoms with Gasteiger partial charge in [0.1, 0.15) is 0 Å². The van der Waals surface area contributed by atoms with Crippen LogP contribution in [0.2, 0.25) is 0 Å². The summed E-state index contributed by atoms with van der Waals surface area (Å²) in [5.41, 5.74) is 0.794. The summed E-state index contributed by atoms with van der Waals surface area (Å²) in [5, 5.41) is 14.4. The van der Waals surface area contributed by atoms with Gasteiger partial charge in [-0.15, -0.1) is 0 Å². The molecule has 1 N–H and O–H groups in total. The molecule has 2 aromatic rings. The number of aromatic nitrogens is 2. The highest BCUT2D eigenvalue weighted by atomic mass is 32.1. The molecule has 1 saturated heterocycles. The highest BCUT2D eigenvalue weighted by Crippen LogP contribution is 2.16. The van der Waals surface area contributed by atoms with E-state index in [2.05, 4.69) is 25.1 Å². The van der Waals surface area contributed by atoms with Crippen LogP contribution in [0.5, 0.6) is 0 Å². The van der Waals surface area contributed by atoms with Crippen LogP contribution in [0.1, 0.15) is 0 Å². The third-order valence-corrected chi connectivity index (χ3v) is 4.09. The van der Waals surface area contributed by atoms with Crippen molar-refractivity contribution in [2.24, 2.45) is 0 Å². The molecule has 24 heavy (non-hydrogen) atoms. The minimum absolute atomic E-state index is 0.0583. The summed E-state index contributed by atoms with van der Waals surface area (Å²) in [4.78, 5) is 22.9. The van der Waals surface area contributed by atoms with Crippen LogP contribution in [0.25, 0.3) is 0 Å². The van der Waals surface area contributed by atoms with Crippen LogP contribution in [0, 0.1) is 10.1 Å². The first kappa shape index (κ1) is 16.1. The third-order valence-electron chi connectivity index (χ3n) is 3.73. The van der Waals surface area contributed by atoms with Crippen LogP contribution < -0.4 is 10.2 Å². The Morgan fingerprint density at radius 3 is 2.33 bits per heavy atom. The summed E-state index contributed by atoms with van der Waals surface area (Å²) in [7, 11) is 0. The number of rotatable bonds is 3. The van der Waals surface area contributed by atoms with Gasteiger partial charge in [0, 0.05) is 56.4 Å². The molecule has 9 heteroatoms. The van der Waals surface area contributed by atoms with Crippen molar-refractivity contribution in [3.63, 3.8) is 0 Å². The van der Waals surface area contributed by atoms with Crippen LogP contribution in [0.4, 0.5) is 17.3 Å². The molecule has 1 aromatic heterocycles. The summed E-state index contributed by atoms with van der Waals surface area (Å²) in [6, 6.07) is 8.01. The van der Waals surface area contributed by atoms with Crippen LogP contribution >= 0.6 is 12.2 Å². The van der Waals surface area contributed by atoms with Crippen molar-refractivity contribution in [3.05, 3.63) is 52.8 Å². The van der Waals surface area contributed by atoms with Crippen LogP contribution in [-0.2, 0) is 0 Å². The first-order valence-corrected chi connectivity index (χ1v) is 7.86. The van der Waals surface area contributed by atoms with Crippen molar-refractivity contribution in [2.75, 3.05) is 36.4 Å². The van der Waals surface area contributed by atoms with Gasteiger partial charge in [-0.2, -0.15) is 0 Å². The van der Waals surface area contributed by atoms with E-state index in [1.807, 2.05) is 0 Å². The number of thiocarbonyl (C=S) groups is 1. The van der Waals surface area contributed by atoms with Crippen molar-refractivity contribution >= 4 is 34.7 Å². The van der Waals surface area contributed by atoms with Gasteiger partial charge >= 0.3 is 0 Å². The topological polar surface area (TPSA) is 87.4 Å². The SMILES string of the molecule is O=[N+]([O-])c1ccc(NC(=S)N2CCN(c3ncccn3)CC2)cc1. The zero-order valence-electron chi connectivity index (χ0n) is 12.8. The van der Waals surface area contributed by atoms with Crippen LogP contribution in [0.15, 0.2) is 42.7 Å². The maximum Gasteiger partial charge on any atom is 0.269 e. The van der Waals surface area contributed by atoms with E-state index in [4.69, 9.17) is 12.2 Å². The molecule has 8 nitrogen and oxygen atoms in total.